The third-order valence-corrected chi connectivity index (χ3v) is 5.24. The zero-order valence-electron chi connectivity index (χ0n) is 13.5. The Kier molecular flexibility index (Phi) is 4.53. The van der Waals surface area contributed by atoms with E-state index in [0.29, 0.717) is 20.8 Å². The first-order chi connectivity index (χ1) is 12.7. The van der Waals surface area contributed by atoms with E-state index < -0.39 is 17.8 Å². The Morgan fingerprint density at radius 2 is 1.56 bits per heavy atom. The topological polar surface area (TPSA) is 12.0 Å². The van der Waals surface area contributed by atoms with Crippen molar-refractivity contribution in [3.63, 3.8) is 0 Å². The summed E-state index contributed by atoms with van der Waals surface area (Å²) in [6.07, 6.45) is -4.42. The zero-order chi connectivity index (χ0) is 19.3. The van der Waals surface area contributed by atoms with Gasteiger partial charge < -0.3 is 5.32 Å². The predicted molar refractivity (Wildman–Crippen MR) is 104 cm³/mol. The molecular weight excluding hydrogens is 418 g/mol. The summed E-state index contributed by atoms with van der Waals surface area (Å²) in [6, 6.07) is 13.4. The highest BCUT2D eigenvalue weighted by molar-refractivity contribution is 6.37. The van der Waals surface area contributed by atoms with Crippen LogP contribution in [0.1, 0.15) is 22.7 Å². The first-order valence-corrected chi connectivity index (χ1v) is 9.10. The summed E-state index contributed by atoms with van der Waals surface area (Å²) in [6.45, 7) is 0. The molecule has 1 N–H and O–H groups in total. The number of rotatable bonds is 2. The van der Waals surface area contributed by atoms with E-state index in [1.165, 1.54) is 6.07 Å². The highest BCUT2D eigenvalue weighted by atomic mass is 35.5. The summed E-state index contributed by atoms with van der Waals surface area (Å²) in [4.78, 5) is 0. The van der Waals surface area contributed by atoms with E-state index in [2.05, 4.69) is 5.32 Å². The molecule has 1 aliphatic rings. The van der Waals surface area contributed by atoms with Crippen molar-refractivity contribution in [1.82, 2.24) is 0 Å². The first-order valence-electron chi connectivity index (χ1n) is 7.96. The van der Waals surface area contributed by atoms with Gasteiger partial charge in [-0.25, -0.2) is 0 Å². The van der Waals surface area contributed by atoms with Crippen LogP contribution < -0.4 is 5.32 Å². The highest BCUT2D eigenvalue weighted by Gasteiger charge is 2.33. The van der Waals surface area contributed by atoms with Crippen molar-refractivity contribution >= 4 is 40.5 Å². The van der Waals surface area contributed by atoms with Crippen molar-refractivity contribution in [3.05, 3.63) is 86.4 Å². The number of fused-ring (bicyclic) bond motifs is 3. The van der Waals surface area contributed by atoms with E-state index >= 15 is 0 Å². The molecule has 1 unspecified atom stereocenters. The maximum atomic E-state index is 13.0. The standard InChI is InChI=1S/C20H11Cl3F3N/c21-11-4-5-14-15(7-11)19(16-8-12(22)9-17(23)18(14)16)27-13-3-1-2-10(6-13)20(24,25)26/h1-9,19,27H. The van der Waals surface area contributed by atoms with E-state index in [9.17, 15) is 13.2 Å². The van der Waals surface area contributed by atoms with Crippen molar-refractivity contribution in [3.8, 4) is 11.1 Å². The molecule has 3 aromatic rings. The van der Waals surface area contributed by atoms with Gasteiger partial charge in [-0.2, -0.15) is 13.2 Å². The summed E-state index contributed by atoms with van der Waals surface area (Å²) in [5.41, 5.74) is 2.92. The SMILES string of the molecule is FC(F)(F)c1cccc(NC2c3cc(Cl)ccc3-c3c(Cl)cc(Cl)cc32)c1. The monoisotopic (exact) mass is 427 g/mol. The molecule has 138 valence electrons. The normalized spacial score (nSPS) is 15.4. The minimum Gasteiger partial charge on any atom is -0.374 e. The van der Waals surface area contributed by atoms with Gasteiger partial charge in [-0.1, -0.05) is 46.9 Å². The van der Waals surface area contributed by atoms with Crippen LogP contribution in [-0.4, -0.2) is 0 Å². The molecule has 0 fully saturated rings. The van der Waals surface area contributed by atoms with E-state index in [1.807, 2.05) is 6.07 Å². The van der Waals surface area contributed by atoms with Crippen molar-refractivity contribution in [2.45, 2.75) is 12.2 Å². The molecule has 27 heavy (non-hydrogen) atoms. The molecule has 7 heteroatoms. The molecule has 4 rings (SSSR count). The predicted octanol–water partition coefficient (Wildman–Crippen LogP) is 7.85. The molecular formula is C20H11Cl3F3N. The Bertz CT molecular complexity index is 1050. The van der Waals surface area contributed by atoms with Crippen LogP contribution in [0.5, 0.6) is 0 Å². The molecule has 0 bridgehead atoms. The van der Waals surface area contributed by atoms with Crippen LogP contribution in [0.3, 0.4) is 0 Å². The number of nitrogens with one attached hydrogen (secondary N) is 1. The van der Waals surface area contributed by atoms with Gasteiger partial charge in [-0.05, 0) is 59.2 Å². The molecule has 3 aromatic carbocycles. The quantitative estimate of drug-likeness (QED) is 0.438. The summed E-state index contributed by atoms with van der Waals surface area (Å²) in [7, 11) is 0. The van der Waals surface area contributed by atoms with Gasteiger partial charge in [0, 0.05) is 21.3 Å². The fourth-order valence-corrected chi connectivity index (χ4v) is 4.17. The van der Waals surface area contributed by atoms with Gasteiger partial charge in [0.2, 0.25) is 0 Å². The van der Waals surface area contributed by atoms with Gasteiger partial charge in [0.25, 0.3) is 0 Å². The minimum absolute atomic E-state index is 0.338. The Morgan fingerprint density at radius 3 is 2.30 bits per heavy atom. The van der Waals surface area contributed by atoms with Crippen molar-refractivity contribution in [2.75, 3.05) is 5.32 Å². The maximum Gasteiger partial charge on any atom is 0.416 e. The Hall–Kier alpha value is -1.88. The van der Waals surface area contributed by atoms with Gasteiger partial charge >= 0.3 is 6.18 Å². The third kappa shape index (κ3) is 3.38. The molecule has 1 nitrogen and oxygen atoms in total. The van der Waals surface area contributed by atoms with Gasteiger partial charge in [-0.3, -0.25) is 0 Å². The van der Waals surface area contributed by atoms with Crippen LogP contribution in [0.4, 0.5) is 18.9 Å². The number of benzene rings is 3. The smallest absolute Gasteiger partial charge is 0.374 e. The maximum absolute atomic E-state index is 13.0. The highest BCUT2D eigenvalue weighted by Crippen LogP contribution is 2.50. The Morgan fingerprint density at radius 1 is 0.815 bits per heavy atom. The lowest BCUT2D eigenvalue weighted by Gasteiger charge is -2.19. The van der Waals surface area contributed by atoms with Gasteiger partial charge in [0.1, 0.15) is 0 Å². The molecule has 0 aromatic heterocycles. The third-order valence-electron chi connectivity index (χ3n) is 4.49. The van der Waals surface area contributed by atoms with Gasteiger partial charge in [0.15, 0.2) is 0 Å². The Balaban J connectivity index is 1.83. The molecule has 0 saturated carbocycles. The van der Waals surface area contributed by atoms with Crippen LogP contribution in [-0.2, 0) is 6.18 Å². The second-order valence-electron chi connectivity index (χ2n) is 6.24. The number of halogens is 6. The zero-order valence-corrected chi connectivity index (χ0v) is 15.8. The lowest BCUT2D eigenvalue weighted by Crippen LogP contribution is -2.11. The number of hydrogen-bond donors (Lipinski definition) is 1. The molecule has 1 atom stereocenters. The lowest BCUT2D eigenvalue weighted by molar-refractivity contribution is -0.137. The molecule has 0 heterocycles. The van der Waals surface area contributed by atoms with Crippen molar-refractivity contribution in [1.29, 1.82) is 0 Å². The molecule has 1 aliphatic carbocycles. The van der Waals surface area contributed by atoms with Crippen molar-refractivity contribution < 1.29 is 13.2 Å². The molecule has 0 radical (unpaired) electrons. The summed E-state index contributed by atoms with van der Waals surface area (Å²) < 4.78 is 39.1. The average molecular weight is 429 g/mol. The van der Waals surface area contributed by atoms with Crippen LogP contribution in [0.2, 0.25) is 15.1 Å². The fourth-order valence-electron chi connectivity index (χ4n) is 3.38. The molecule has 0 amide bonds. The fraction of sp³-hybridized carbons (Fsp3) is 0.100. The lowest BCUT2D eigenvalue weighted by atomic mass is 10.0. The van der Waals surface area contributed by atoms with E-state index in [4.69, 9.17) is 34.8 Å². The molecule has 0 aliphatic heterocycles. The van der Waals surface area contributed by atoms with Crippen molar-refractivity contribution in [2.24, 2.45) is 0 Å². The summed E-state index contributed by atoms with van der Waals surface area (Å²) >= 11 is 18.7. The van der Waals surface area contributed by atoms with Crippen LogP contribution >= 0.6 is 34.8 Å². The first kappa shape index (κ1) is 18.5. The molecule has 0 saturated heterocycles. The Labute approximate surface area is 168 Å². The second-order valence-corrected chi connectivity index (χ2v) is 7.52. The largest absolute Gasteiger partial charge is 0.416 e. The summed E-state index contributed by atoms with van der Waals surface area (Å²) in [5.74, 6) is 0. The van der Waals surface area contributed by atoms with E-state index in [1.54, 1.807) is 30.3 Å². The second kappa shape index (κ2) is 6.62. The van der Waals surface area contributed by atoms with Crippen LogP contribution in [0, 0.1) is 0 Å². The van der Waals surface area contributed by atoms with Gasteiger partial charge in [-0.15, -0.1) is 0 Å². The average Bonchev–Trinajstić information content (AvgIpc) is 2.88. The number of alkyl halides is 3. The molecule has 0 spiro atoms. The number of anilines is 1. The minimum atomic E-state index is -4.42. The van der Waals surface area contributed by atoms with Crippen LogP contribution in [0.25, 0.3) is 11.1 Å². The summed E-state index contributed by atoms with van der Waals surface area (Å²) in [5, 5.41) is 4.63. The van der Waals surface area contributed by atoms with Gasteiger partial charge in [0.05, 0.1) is 16.6 Å². The van der Waals surface area contributed by atoms with E-state index in [-0.39, 0.29) is 0 Å². The van der Waals surface area contributed by atoms with Crippen LogP contribution in [0.15, 0.2) is 54.6 Å². The number of hydrogen-bond acceptors (Lipinski definition) is 1. The van der Waals surface area contributed by atoms with E-state index in [0.717, 1.165) is 34.4 Å².